The molecule has 0 amide bonds. The largest absolute Gasteiger partial charge is 0.394 e. The van der Waals surface area contributed by atoms with Gasteiger partial charge < -0.3 is 29.9 Å². The van der Waals surface area contributed by atoms with E-state index in [1.165, 1.54) is 0 Å². The zero-order valence-corrected chi connectivity index (χ0v) is 11.2. The highest BCUT2D eigenvalue weighted by atomic mass is 16.5. The predicted molar refractivity (Wildman–Crippen MR) is 66.2 cm³/mol. The Morgan fingerprint density at radius 1 is 0.944 bits per heavy atom. The van der Waals surface area contributed by atoms with Crippen LogP contribution < -0.4 is 0 Å². The van der Waals surface area contributed by atoms with Gasteiger partial charge in [0.1, 0.15) is 12.2 Å². The van der Waals surface area contributed by atoms with E-state index in [9.17, 15) is 5.11 Å². The molecule has 18 heavy (non-hydrogen) atoms. The topological polar surface area (TPSA) is 99.4 Å². The van der Waals surface area contributed by atoms with E-state index in [-0.39, 0.29) is 32.5 Å². The number of aliphatic hydroxyl groups is 4. The van der Waals surface area contributed by atoms with Crippen molar-refractivity contribution in [2.45, 2.75) is 51.1 Å². The van der Waals surface area contributed by atoms with Crippen LogP contribution in [0.4, 0.5) is 0 Å². The van der Waals surface area contributed by atoms with E-state index in [4.69, 9.17) is 24.8 Å². The van der Waals surface area contributed by atoms with Crippen LogP contribution in [0.5, 0.6) is 0 Å². The number of aliphatic hydroxyl groups excluding tert-OH is 4. The summed E-state index contributed by atoms with van der Waals surface area (Å²) in [6.45, 7) is 3.21. The Balaban J connectivity index is 3.89. The van der Waals surface area contributed by atoms with Gasteiger partial charge in [0, 0.05) is 0 Å². The smallest absolute Gasteiger partial charge is 0.104 e. The molecule has 0 saturated carbocycles. The zero-order valence-electron chi connectivity index (χ0n) is 11.2. The van der Waals surface area contributed by atoms with Gasteiger partial charge in [-0.05, 0) is 19.8 Å². The van der Waals surface area contributed by atoms with Crippen molar-refractivity contribution in [1.82, 2.24) is 0 Å². The van der Waals surface area contributed by atoms with Crippen molar-refractivity contribution < 1.29 is 29.9 Å². The second kappa shape index (κ2) is 10.7. The molecule has 0 aliphatic carbocycles. The molecule has 0 radical (unpaired) electrons. The Morgan fingerprint density at radius 3 is 2.00 bits per heavy atom. The van der Waals surface area contributed by atoms with Crippen molar-refractivity contribution in [2.24, 2.45) is 0 Å². The van der Waals surface area contributed by atoms with Gasteiger partial charge >= 0.3 is 0 Å². The summed E-state index contributed by atoms with van der Waals surface area (Å²) in [5, 5.41) is 36.1. The van der Waals surface area contributed by atoms with Crippen LogP contribution >= 0.6 is 0 Å². The Morgan fingerprint density at radius 2 is 1.56 bits per heavy atom. The van der Waals surface area contributed by atoms with Crippen LogP contribution in [0.1, 0.15) is 26.7 Å². The average Bonchev–Trinajstić information content (AvgIpc) is 2.36. The standard InChI is InChI=1S/C12H26O6/c1-3-11(4-9(2)15)18-8-12(6-14)17-7-10(16)5-13/h9-16H,3-8H2,1-2H3. The molecule has 6 nitrogen and oxygen atoms in total. The van der Waals surface area contributed by atoms with E-state index >= 15 is 0 Å². The van der Waals surface area contributed by atoms with Crippen LogP contribution in [0.2, 0.25) is 0 Å². The van der Waals surface area contributed by atoms with E-state index in [1.54, 1.807) is 6.92 Å². The molecule has 0 aliphatic heterocycles. The predicted octanol–water partition coefficient (Wildman–Crippen LogP) is -0.717. The SMILES string of the molecule is CCC(CC(C)O)OCC(CO)OCC(O)CO. The molecule has 0 aliphatic rings. The number of hydrogen-bond acceptors (Lipinski definition) is 6. The fraction of sp³-hybridized carbons (Fsp3) is 1.00. The van der Waals surface area contributed by atoms with E-state index in [2.05, 4.69) is 0 Å². The van der Waals surface area contributed by atoms with Gasteiger partial charge in [0.2, 0.25) is 0 Å². The van der Waals surface area contributed by atoms with Crippen molar-refractivity contribution in [3.8, 4) is 0 Å². The first-order valence-electron chi connectivity index (χ1n) is 6.34. The molecule has 0 aromatic heterocycles. The zero-order chi connectivity index (χ0) is 14.0. The van der Waals surface area contributed by atoms with E-state index in [0.717, 1.165) is 6.42 Å². The molecule has 4 unspecified atom stereocenters. The highest BCUT2D eigenvalue weighted by Gasteiger charge is 2.15. The maximum absolute atomic E-state index is 9.26. The normalized spacial score (nSPS) is 18.3. The van der Waals surface area contributed by atoms with Gasteiger partial charge in [-0.2, -0.15) is 0 Å². The minimum absolute atomic E-state index is 0.0434. The quantitative estimate of drug-likeness (QED) is 0.394. The first-order chi connectivity index (χ1) is 8.53. The Bertz CT molecular complexity index is 187. The molecule has 0 aromatic rings. The maximum Gasteiger partial charge on any atom is 0.104 e. The summed E-state index contributed by atoms with van der Waals surface area (Å²) in [6.07, 6.45) is -0.686. The molecular weight excluding hydrogens is 240 g/mol. The van der Waals surface area contributed by atoms with Gasteiger partial charge in [-0.3, -0.25) is 0 Å². The fourth-order valence-corrected chi connectivity index (χ4v) is 1.43. The first-order valence-corrected chi connectivity index (χ1v) is 6.34. The lowest BCUT2D eigenvalue weighted by Gasteiger charge is -2.22. The summed E-state index contributed by atoms with van der Waals surface area (Å²) in [5.74, 6) is 0. The summed E-state index contributed by atoms with van der Waals surface area (Å²) in [7, 11) is 0. The fourth-order valence-electron chi connectivity index (χ4n) is 1.43. The van der Waals surface area contributed by atoms with Crippen LogP contribution in [0.15, 0.2) is 0 Å². The van der Waals surface area contributed by atoms with Crippen molar-refractivity contribution in [3.05, 3.63) is 0 Å². The molecule has 0 spiro atoms. The Hall–Kier alpha value is -0.240. The van der Waals surface area contributed by atoms with Gasteiger partial charge in [-0.1, -0.05) is 6.92 Å². The van der Waals surface area contributed by atoms with Crippen LogP contribution in [0, 0.1) is 0 Å². The summed E-state index contributed by atoms with van der Waals surface area (Å²) in [6, 6.07) is 0. The number of ether oxygens (including phenoxy) is 2. The van der Waals surface area contributed by atoms with E-state index in [0.29, 0.717) is 6.42 Å². The highest BCUT2D eigenvalue weighted by Crippen LogP contribution is 2.08. The van der Waals surface area contributed by atoms with Crippen molar-refractivity contribution in [1.29, 1.82) is 0 Å². The van der Waals surface area contributed by atoms with Crippen LogP contribution in [-0.4, -0.2) is 71.3 Å². The number of rotatable bonds is 11. The van der Waals surface area contributed by atoms with Crippen molar-refractivity contribution in [3.63, 3.8) is 0 Å². The van der Waals surface area contributed by atoms with Crippen LogP contribution in [0.3, 0.4) is 0 Å². The van der Waals surface area contributed by atoms with Gasteiger partial charge in [-0.25, -0.2) is 0 Å². The summed E-state index contributed by atoms with van der Waals surface area (Å²) in [5.41, 5.74) is 0. The van der Waals surface area contributed by atoms with E-state index < -0.39 is 18.3 Å². The molecule has 0 aromatic carbocycles. The first kappa shape index (κ1) is 17.8. The minimum Gasteiger partial charge on any atom is -0.394 e. The van der Waals surface area contributed by atoms with E-state index in [1.807, 2.05) is 6.92 Å². The average molecular weight is 266 g/mol. The van der Waals surface area contributed by atoms with Gasteiger partial charge in [0.05, 0.1) is 38.6 Å². The molecule has 0 rings (SSSR count). The molecule has 0 saturated heterocycles. The lowest BCUT2D eigenvalue weighted by Crippen LogP contribution is -2.32. The van der Waals surface area contributed by atoms with Crippen LogP contribution in [-0.2, 0) is 9.47 Å². The third-order valence-corrected chi connectivity index (χ3v) is 2.52. The summed E-state index contributed by atoms with van der Waals surface area (Å²) in [4.78, 5) is 0. The Labute approximate surface area is 108 Å². The monoisotopic (exact) mass is 266 g/mol. The molecule has 0 bridgehead atoms. The molecular formula is C12H26O6. The molecule has 6 heteroatoms. The molecule has 4 N–H and O–H groups in total. The minimum atomic E-state index is -0.946. The lowest BCUT2D eigenvalue weighted by atomic mass is 10.1. The third-order valence-electron chi connectivity index (χ3n) is 2.52. The second-order valence-corrected chi connectivity index (χ2v) is 4.42. The number of hydrogen-bond donors (Lipinski definition) is 4. The van der Waals surface area contributed by atoms with Crippen molar-refractivity contribution >= 4 is 0 Å². The Kier molecular flexibility index (Phi) is 10.5. The molecule has 0 heterocycles. The second-order valence-electron chi connectivity index (χ2n) is 4.42. The molecule has 4 atom stereocenters. The van der Waals surface area contributed by atoms with Gasteiger partial charge in [0.25, 0.3) is 0 Å². The van der Waals surface area contributed by atoms with Gasteiger partial charge in [-0.15, -0.1) is 0 Å². The summed E-state index contributed by atoms with van der Waals surface area (Å²) < 4.78 is 10.7. The van der Waals surface area contributed by atoms with Crippen molar-refractivity contribution in [2.75, 3.05) is 26.4 Å². The third kappa shape index (κ3) is 8.79. The van der Waals surface area contributed by atoms with Gasteiger partial charge in [0.15, 0.2) is 0 Å². The summed E-state index contributed by atoms with van der Waals surface area (Å²) >= 11 is 0. The maximum atomic E-state index is 9.26. The molecule has 0 fully saturated rings. The lowest BCUT2D eigenvalue weighted by molar-refractivity contribution is -0.0942. The molecule has 110 valence electrons. The highest BCUT2D eigenvalue weighted by molar-refractivity contribution is 4.63. The van der Waals surface area contributed by atoms with Crippen LogP contribution in [0.25, 0.3) is 0 Å².